The molecule has 1 aromatic carbocycles. The van der Waals surface area contributed by atoms with Crippen molar-refractivity contribution in [2.24, 2.45) is 0 Å². The van der Waals surface area contributed by atoms with E-state index in [0.29, 0.717) is 23.2 Å². The highest BCUT2D eigenvalue weighted by Crippen LogP contribution is 2.23. The van der Waals surface area contributed by atoms with Crippen LogP contribution in [0.5, 0.6) is 0 Å². The molecule has 0 saturated carbocycles. The summed E-state index contributed by atoms with van der Waals surface area (Å²) < 4.78 is 0. The summed E-state index contributed by atoms with van der Waals surface area (Å²) in [5.41, 5.74) is 2.36. The fourth-order valence-corrected chi connectivity index (χ4v) is 3.51. The van der Waals surface area contributed by atoms with Gasteiger partial charge in [0.2, 0.25) is 6.41 Å². The van der Waals surface area contributed by atoms with Gasteiger partial charge in [0.25, 0.3) is 5.91 Å². The Morgan fingerprint density at radius 2 is 2.14 bits per heavy atom. The molecule has 1 aliphatic rings. The zero-order valence-electron chi connectivity index (χ0n) is 11.9. The maximum atomic E-state index is 12.5. The van der Waals surface area contributed by atoms with Crippen molar-refractivity contribution >= 4 is 29.8 Å². The van der Waals surface area contributed by atoms with Gasteiger partial charge in [-0.25, -0.2) is 0 Å². The van der Waals surface area contributed by atoms with Gasteiger partial charge in [0.15, 0.2) is 0 Å². The van der Waals surface area contributed by atoms with E-state index in [9.17, 15) is 9.59 Å². The Bertz CT molecular complexity index is 587. The second-order valence-corrected chi connectivity index (χ2v) is 6.21. The average Bonchev–Trinajstić information content (AvgIpc) is 2.50. The second-order valence-electron chi connectivity index (χ2n) is 4.98. The van der Waals surface area contributed by atoms with Crippen LogP contribution in [0.15, 0.2) is 12.1 Å². The quantitative estimate of drug-likeness (QED) is 0.662. The van der Waals surface area contributed by atoms with Gasteiger partial charge in [-0.1, -0.05) is 5.92 Å². The number of carbonyl (C=O) groups is 2. The van der Waals surface area contributed by atoms with Crippen LogP contribution in [0, 0.1) is 19.3 Å². The van der Waals surface area contributed by atoms with Crippen LogP contribution in [0.1, 0.15) is 34.3 Å². The molecule has 1 saturated heterocycles. The Labute approximate surface area is 129 Å². The van der Waals surface area contributed by atoms with Crippen LogP contribution in [-0.2, 0) is 4.79 Å². The lowest BCUT2D eigenvalue weighted by Gasteiger charge is -2.23. The zero-order chi connectivity index (χ0) is 15.2. The molecule has 1 aromatic rings. The van der Waals surface area contributed by atoms with Crippen LogP contribution in [0.25, 0.3) is 0 Å². The predicted molar refractivity (Wildman–Crippen MR) is 86.6 cm³/mol. The van der Waals surface area contributed by atoms with Crippen LogP contribution >= 0.6 is 11.8 Å². The largest absolute Gasteiger partial charge is 0.349 e. The molecule has 0 aliphatic carbocycles. The van der Waals surface area contributed by atoms with Gasteiger partial charge < -0.3 is 10.6 Å². The number of rotatable bonds is 4. The standard InChI is InChI=1S/C16H18N2O2S/c1-3-12-8-11(2)15(17-10-19)14(9-12)16(20)18-13-4-6-21-7-5-13/h1,8-10,13H,4-7H2,2H3,(H,17,19)(H,18,20). The summed E-state index contributed by atoms with van der Waals surface area (Å²) in [4.78, 5) is 23.2. The summed E-state index contributed by atoms with van der Waals surface area (Å²) >= 11 is 1.90. The van der Waals surface area contributed by atoms with Gasteiger partial charge >= 0.3 is 0 Å². The third-order valence-corrected chi connectivity index (χ3v) is 4.56. The van der Waals surface area contributed by atoms with E-state index in [0.717, 1.165) is 29.9 Å². The van der Waals surface area contributed by atoms with Crippen LogP contribution in [0.4, 0.5) is 5.69 Å². The first-order chi connectivity index (χ1) is 10.2. The molecule has 1 aliphatic heterocycles. The molecular weight excluding hydrogens is 284 g/mol. The van der Waals surface area contributed by atoms with Crippen molar-refractivity contribution in [2.45, 2.75) is 25.8 Å². The summed E-state index contributed by atoms with van der Waals surface area (Å²) in [6.07, 6.45) is 7.94. The monoisotopic (exact) mass is 302 g/mol. The number of anilines is 1. The number of amides is 2. The van der Waals surface area contributed by atoms with Gasteiger partial charge in [-0.15, -0.1) is 6.42 Å². The molecule has 2 N–H and O–H groups in total. The first-order valence-electron chi connectivity index (χ1n) is 6.85. The third kappa shape index (κ3) is 3.79. The third-order valence-electron chi connectivity index (χ3n) is 3.51. The van der Waals surface area contributed by atoms with Crippen LogP contribution in [0.2, 0.25) is 0 Å². The molecule has 0 bridgehead atoms. The normalized spacial score (nSPS) is 15.0. The molecule has 4 nitrogen and oxygen atoms in total. The minimum atomic E-state index is -0.184. The molecule has 0 atom stereocenters. The van der Waals surface area contributed by atoms with Crippen molar-refractivity contribution in [3.05, 3.63) is 28.8 Å². The number of carbonyl (C=O) groups excluding carboxylic acids is 2. The minimum Gasteiger partial charge on any atom is -0.349 e. The van der Waals surface area contributed by atoms with Crippen LogP contribution in [-0.4, -0.2) is 29.9 Å². The summed E-state index contributed by atoms with van der Waals surface area (Å²) in [5.74, 6) is 4.48. The molecule has 0 unspecified atom stereocenters. The molecule has 0 spiro atoms. The van der Waals surface area contributed by atoms with E-state index < -0.39 is 0 Å². The Morgan fingerprint density at radius 1 is 1.43 bits per heavy atom. The van der Waals surface area contributed by atoms with Gasteiger partial charge in [-0.2, -0.15) is 11.8 Å². The highest BCUT2D eigenvalue weighted by Gasteiger charge is 2.20. The summed E-state index contributed by atoms with van der Waals surface area (Å²) in [7, 11) is 0. The Hall–Kier alpha value is -1.93. The number of benzene rings is 1. The molecule has 2 amide bonds. The van der Waals surface area contributed by atoms with E-state index in [4.69, 9.17) is 6.42 Å². The topological polar surface area (TPSA) is 58.2 Å². The van der Waals surface area contributed by atoms with Gasteiger partial charge in [0.1, 0.15) is 0 Å². The minimum absolute atomic E-state index is 0.184. The second kappa shape index (κ2) is 7.19. The molecule has 0 radical (unpaired) electrons. The van der Waals surface area contributed by atoms with Gasteiger partial charge in [0, 0.05) is 11.6 Å². The Morgan fingerprint density at radius 3 is 2.76 bits per heavy atom. The fourth-order valence-electron chi connectivity index (χ4n) is 2.41. The van der Waals surface area contributed by atoms with E-state index in [1.807, 2.05) is 18.7 Å². The number of terminal acetylenes is 1. The number of aryl methyl sites for hydroxylation is 1. The maximum absolute atomic E-state index is 12.5. The van der Waals surface area contributed by atoms with E-state index in [2.05, 4.69) is 16.6 Å². The molecule has 2 rings (SSSR count). The van der Waals surface area contributed by atoms with Crippen molar-refractivity contribution in [1.82, 2.24) is 5.32 Å². The Kier molecular flexibility index (Phi) is 5.29. The molecule has 110 valence electrons. The number of nitrogens with one attached hydrogen (secondary N) is 2. The lowest BCUT2D eigenvalue weighted by atomic mass is 10.0. The van der Waals surface area contributed by atoms with E-state index in [1.165, 1.54) is 0 Å². The molecule has 5 heteroatoms. The van der Waals surface area contributed by atoms with Gasteiger partial charge in [-0.05, 0) is 49.0 Å². The highest BCUT2D eigenvalue weighted by molar-refractivity contribution is 7.99. The number of hydrogen-bond donors (Lipinski definition) is 2. The average molecular weight is 302 g/mol. The first kappa shape index (κ1) is 15.5. The predicted octanol–water partition coefficient (Wildman–Crippen LogP) is 2.17. The Balaban J connectivity index is 2.27. The summed E-state index contributed by atoms with van der Waals surface area (Å²) in [5, 5.41) is 5.64. The van der Waals surface area contributed by atoms with Crippen LogP contribution in [0.3, 0.4) is 0 Å². The van der Waals surface area contributed by atoms with Crippen molar-refractivity contribution in [2.75, 3.05) is 16.8 Å². The van der Waals surface area contributed by atoms with Gasteiger partial charge in [0.05, 0.1) is 11.3 Å². The number of hydrogen-bond acceptors (Lipinski definition) is 3. The lowest BCUT2D eigenvalue weighted by Crippen LogP contribution is -2.37. The summed E-state index contributed by atoms with van der Waals surface area (Å²) in [6.45, 7) is 1.82. The zero-order valence-corrected chi connectivity index (χ0v) is 12.8. The van der Waals surface area contributed by atoms with Crippen molar-refractivity contribution in [3.8, 4) is 12.3 Å². The van der Waals surface area contributed by atoms with Crippen molar-refractivity contribution < 1.29 is 9.59 Å². The maximum Gasteiger partial charge on any atom is 0.253 e. The molecule has 1 heterocycles. The molecule has 1 fully saturated rings. The van der Waals surface area contributed by atoms with Crippen molar-refractivity contribution in [3.63, 3.8) is 0 Å². The SMILES string of the molecule is C#Cc1cc(C)c(NC=O)c(C(=O)NC2CCSCC2)c1. The molecule has 0 aromatic heterocycles. The van der Waals surface area contributed by atoms with E-state index in [1.54, 1.807) is 12.1 Å². The van der Waals surface area contributed by atoms with Crippen molar-refractivity contribution in [1.29, 1.82) is 0 Å². The lowest BCUT2D eigenvalue weighted by molar-refractivity contribution is -0.105. The number of thioether (sulfide) groups is 1. The van der Waals surface area contributed by atoms with E-state index >= 15 is 0 Å². The first-order valence-corrected chi connectivity index (χ1v) is 8.01. The highest BCUT2D eigenvalue weighted by atomic mass is 32.2. The van der Waals surface area contributed by atoms with Crippen LogP contribution < -0.4 is 10.6 Å². The molecular formula is C16H18N2O2S. The van der Waals surface area contributed by atoms with E-state index in [-0.39, 0.29) is 11.9 Å². The summed E-state index contributed by atoms with van der Waals surface area (Å²) in [6, 6.07) is 3.61. The van der Waals surface area contributed by atoms with Gasteiger partial charge in [-0.3, -0.25) is 9.59 Å². The molecule has 21 heavy (non-hydrogen) atoms. The smallest absolute Gasteiger partial charge is 0.253 e. The fraction of sp³-hybridized carbons (Fsp3) is 0.375.